The number of anilines is 1. The fourth-order valence-corrected chi connectivity index (χ4v) is 2.62. The van der Waals surface area contributed by atoms with Crippen molar-refractivity contribution < 1.29 is 9.21 Å². The molecule has 1 aromatic heterocycles. The number of rotatable bonds is 4. The maximum Gasteiger partial charge on any atom is 0.224 e. The predicted molar refractivity (Wildman–Crippen MR) is 82.1 cm³/mol. The summed E-state index contributed by atoms with van der Waals surface area (Å²) in [4.78, 5) is 11.4. The molecule has 1 unspecified atom stereocenters. The largest absolute Gasteiger partial charge is 0.465 e. The van der Waals surface area contributed by atoms with Gasteiger partial charge in [-0.15, -0.1) is 0 Å². The molecule has 4 heteroatoms. The molecule has 2 N–H and O–H groups in total. The zero-order valence-corrected chi connectivity index (χ0v) is 12.4. The lowest BCUT2D eigenvalue weighted by molar-refractivity contribution is -0.116. The van der Waals surface area contributed by atoms with Crippen LogP contribution in [0.1, 0.15) is 42.0 Å². The molecule has 0 fully saturated rings. The summed E-state index contributed by atoms with van der Waals surface area (Å²) in [5.74, 6) is 1.99. The second kappa shape index (κ2) is 5.74. The smallest absolute Gasteiger partial charge is 0.224 e. The van der Waals surface area contributed by atoms with E-state index in [2.05, 4.69) is 29.7 Å². The number of nitrogens with one attached hydrogen (secondary N) is 2. The number of hydrogen-bond acceptors (Lipinski definition) is 3. The van der Waals surface area contributed by atoms with E-state index in [1.54, 1.807) is 0 Å². The van der Waals surface area contributed by atoms with Gasteiger partial charge in [0.15, 0.2) is 0 Å². The van der Waals surface area contributed by atoms with Crippen LogP contribution >= 0.6 is 0 Å². The first-order valence-electron chi connectivity index (χ1n) is 7.33. The van der Waals surface area contributed by atoms with Crippen LogP contribution in [0.2, 0.25) is 0 Å². The van der Waals surface area contributed by atoms with E-state index in [1.807, 2.05) is 25.1 Å². The van der Waals surface area contributed by atoms with Gasteiger partial charge in [0.1, 0.15) is 11.5 Å². The zero-order chi connectivity index (χ0) is 14.8. The molecule has 0 saturated carbocycles. The average molecular weight is 284 g/mol. The molecule has 2 heterocycles. The van der Waals surface area contributed by atoms with Gasteiger partial charge in [-0.25, -0.2) is 0 Å². The predicted octanol–water partition coefficient (Wildman–Crippen LogP) is 3.32. The van der Waals surface area contributed by atoms with Gasteiger partial charge in [0.2, 0.25) is 5.91 Å². The van der Waals surface area contributed by atoms with Crippen molar-refractivity contribution in [3.63, 3.8) is 0 Å². The highest BCUT2D eigenvalue weighted by Crippen LogP contribution is 2.26. The Morgan fingerprint density at radius 2 is 2.14 bits per heavy atom. The van der Waals surface area contributed by atoms with Crippen LogP contribution in [0.15, 0.2) is 34.7 Å². The molecule has 21 heavy (non-hydrogen) atoms. The van der Waals surface area contributed by atoms with Crippen molar-refractivity contribution in [2.45, 2.75) is 39.3 Å². The van der Waals surface area contributed by atoms with Crippen LogP contribution in [0.25, 0.3) is 0 Å². The minimum atomic E-state index is 0.106. The number of furan rings is 1. The highest BCUT2D eigenvalue weighted by atomic mass is 16.3. The Morgan fingerprint density at radius 1 is 1.29 bits per heavy atom. The van der Waals surface area contributed by atoms with Crippen molar-refractivity contribution in [2.75, 3.05) is 5.32 Å². The normalized spacial score (nSPS) is 15.4. The number of hydrogen-bond donors (Lipinski definition) is 2. The SMILES string of the molecule is Cc1ccc(CNC(C)c2ccc3c(c2)CCC(=O)N3)o1. The molecule has 2 aromatic rings. The average Bonchev–Trinajstić information content (AvgIpc) is 2.90. The van der Waals surface area contributed by atoms with Gasteiger partial charge in [-0.2, -0.15) is 0 Å². The Morgan fingerprint density at radius 3 is 2.90 bits per heavy atom. The van der Waals surface area contributed by atoms with Gasteiger partial charge in [-0.05, 0) is 49.6 Å². The molecule has 0 saturated heterocycles. The van der Waals surface area contributed by atoms with Crippen LogP contribution in [0.3, 0.4) is 0 Å². The van der Waals surface area contributed by atoms with E-state index in [1.165, 1.54) is 11.1 Å². The van der Waals surface area contributed by atoms with Crippen LogP contribution in [0.5, 0.6) is 0 Å². The summed E-state index contributed by atoms with van der Waals surface area (Å²) in [5, 5.41) is 6.38. The lowest BCUT2D eigenvalue weighted by Gasteiger charge is -2.20. The number of amides is 1. The fraction of sp³-hybridized carbons (Fsp3) is 0.353. The molecule has 1 aliphatic heterocycles. The molecule has 110 valence electrons. The van der Waals surface area contributed by atoms with E-state index in [0.717, 1.165) is 23.6 Å². The van der Waals surface area contributed by atoms with Gasteiger partial charge in [0.05, 0.1) is 6.54 Å². The van der Waals surface area contributed by atoms with Crippen LogP contribution in [-0.2, 0) is 17.8 Å². The van der Waals surface area contributed by atoms with Gasteiger partial charge in [-0.3, -0.25) is 4.79 Å². The van der Waals surface area contributed by atoms with Gasteiger partial charge in [0.25, 0.3) is 0 Å². The molecule has 0 radical (unpaired) electrons. The standard InChI is InChI=1S/C17H20N2O2/c1-11-3-6-15(21-11)10-18-12(2)13-4-7-16-14(9-13)5-8-17(20)19-16/h3-4,6-7,9,12,18H,5,8,10H2,1-2H3,(H,19,20). The fourth-order valence-electron chi connectivity index (χ4n) is 2.62. The van der Waals surface area contributed by atoms with E-state index >= 15 is 0 Å². The Labute approximate surface area is 124 Å². The Hall–Kier alpha value is -2.07. The number of carbonyl (C=O) groups is 1. The van der Waals surface area contributed by atoms with Crippen LogP contribution < -0.4 is 10.6 Å². The maximum atomic E-state index is 11.4. The van der Waals surface area contributed by atoms with Crippen LogP contribution in [0, 0.1) is 6.92 Å². The van der Waals surface area contributed by atoms with Crippen molar-refractivity contribution in [3.8, 4) is 0 Å². The van der Waals surface area contributed by atoms with Gasteiger partial charge >= 0.3 is 0 Å². The van der Waals surface area contributed by atoms with Crippen LogP contribution in [-0.4, -0.2) is 5.91 Å². The molecule has 4 nitrogen and oxygen atoms in total. The Kier molecular flexibility index (Phi) is 3.80. The van der Waals surface area contributed by atoms with Crippen molar-refractivity contribution in [2.24, 2.45) is 0 Å². The molecular weight excluding hydrogens is 264 g/mol. The van der Waals surface area contributed by atoms with Gasteiger partial charge in [0, 0.05) is 18.2 Å². The van der Waals surface area contributed by atoms with Crippen LogP contribution in [0.4, 0.5) is 5.69 Å². The summed E-state index contributed by atoms with van der Waals surface area (Å²) in [5.41, 5.74) is 3.40. The molecule has 0 spiro atoms. The number of fused-ring (bicyclic) bond motifs is 1. The molecule has 1 aromatic carbocycles. The second-order valence-electron chi connectivity index (χ2n) is 5.58. The van der Waals surface area contributed by atoms with Crippen molar-refractivity contribution in [1.29, 1.82) is 0 Å². The monoisotopic (exact) mass is 284 g/mol. The number of aryl methyl sites for hydroxylation is 2. The third kappa shape index (κ3) is 3.16. The molecule has 0 bridgehead atoms. The molecule has 1 amide bonds. The molecule has 3 rings (SSSR count). The lowest BCUT2D eigenvalue weighted by Crippen LogP contribution is -2.21. The summed E-state index contributed by atoms with van der Waals surface area (Å²) >= 11 is 0. The quantitative estimate of drug-likeness (QED) is 0.905. The third-order valence-electron chi connectivity index (χ3n) is 3.90. The molecule has 0 aliphatic carbocycles. The number of carbonyl (C=O) groups excluding carboxylic acids is 1. The molecule has 1 atom stereocenters. The van der Waals surface area contributed by atoms with Crippen molar-refractivity contribution in [3.05, 3.63) is 53.0 Å². The minimum absolute atomic E-state index is 0.106. The third-order valence-corrected chi connectivity index (χ3v) is 3.90. The van der Waals surface area contributed by atoms with E-state index in [0.29, 0.717) is 13.0 Å². The summed E-state index contributed by atoms with van der Waals surface area (Å²) in [6.07, 6.45) is 1.39. The van der Waals surface area contributed by atoms with E-state index in [-0.39, 0.29) is 11.9 Å². The van der Waals surface area contributed by atoms with E-state index in [9.17, 15) is 4.79 Å². The molecular formula is C17H20N2O2. The second-order valence-corrected chi connectivity index (χ2v) is 5.58. The Balaban J connectivity index is 1.67. The summed E-state index contributed by atoms with van der Waals surface area (Å²) in [6.45, 7) is 4.80. The van der Waals surface area contributed by atoms with Gasteiger partial charge in [-0.1, -0.05) is 12.1 Å². The number of benzene rings is 1. The summed E-state index contributed by atoms with van der Waals surface area (Å²) in [7, 11) is 0. The highest BCUT2D eigenvalue weighted by molar-refractivity contribution is 5.93. The zero-order valence-electron chi connectivity index (χ0n) is 12.4. The summed E-state index contributed by atoms with van der Waals surface area (Å²) in [6, 6.07) is 10.4. The van der Waals surface area contributed by atoms with E-state index < -0.39 is 0 Å². The van der Waals surface area contributed by atoms with Crippen molar-refractivity contribution in [1.82, 2.24) is 5.32 Å². The minimum Gasteiger partial charge on any atom is -0.465 e. The molecule has 1 aliphatic rings. The van der Waals surface area contributed by atoms with Gasteiger partial charge < -0.3 is 15.1 Å². The first-order chi connectivity index (χ1) is 10.1. The Bertz CT molecular complexity index is 661. The first-order valence-corrected chi connectivity index (χ1v) is 7.33. The van der Waals surface area contributed by atoms with E-state index in [4.69, 9.17) is 4.42 Å². The maximum absolute atomic E-state index is 11.4. The topological polar surface area (TPSA) is 54.3 Å². The lowest BCUT2D eigenvalue weighted by atomic mass is 9.98. The highest BCUT2D eigenvalue weighted by Gasteiger charge is 2.16. The summed E-state index contributed by atoms with van der Waals surface area (Å²) < 4.78 is 5.56. The first kappa shape index (κ1) is 13.9. The van der Waals surface area contributed by atoms with Crippen molar-refractivity contribution >= 4 is 11.6 Å².